The third-order valence-corrected chi connectivity index (χ3v) is 3.45. The summed E-state index contributed by atoms with van der Waals surface area (Å²) in [6.07, 6.45) is 0.0832. The van der Waals surface area contributed by atoms with Gasteiger partial charge in [-0.25, -0.2) is 4.39 Å². The maximum absolute atomic E-state index is 13.4. The summed E-state index contributed by atoms with van der Waals surface area (Å²) in [7, 11) is 3.02. The molecular formula is C16H14BrFO3. The topological polar surface area (TPSA) is 35.5 Å². The zero-order valence-electron chi connectivity index (χ0n) is 11.7. The molecule has 110 valence electrons. The lowest BCUT2D eigenvalue weighted by molar-refractivity contribution is 0.0989. The lowest BCUT2D eigenvalue weighted by Gasteiger charge is -2.10. The van der Waals surface area contributed by atoms with Crippen molar-refractivity contribution in [3.05, 3.63) is 57.8 Å². The first-order valence-corrected chi connectivity index (χ1v) is 7.03. The zero-order chi connectivity index (χ0) is 15.4. The Bertz CT molecular complexity index is 650. The Morgan fingerprint density at radius 2 is 1.90 bits per heavy atom. The van der Waals surface area contributed by atoms with Crippen LogP contribution in [-0.2, 0) is 6.42 Å². The summed E-state index contributed by atoms with van der Waals surface area (Å²) in [6, 6.07) is 9.42. The van der Waals surface area contributed by atoms with E-state index in [2.05, 4.69) is 15.9 Å². The van der Waals surface area contributed by atoms with Crippen LogP contribution in [-0.4, -0.2) is 20.0 Å². The molecule has 0 saturated heterocycles. The van der Waals surface area contributed by atoms with Crippen molar-refractivity contribution < 1.29 is 18.7 Å². The number of Topliss-reactive ketones (excluding diaryl/α,β-unsaturated/α-hetero) is 1. The summed E-state index contributed by atoms with van der Waals surface area (Å²) < 4.78 is 24.3. The fraction of sp³-hybridized carbons (Fsp3) is 0.188. The maximum Gasteiger partial charge on any atom is 0.171 e. The molecule has 0 fully saturated rings. The van der Waals surface area contributed by atoms with E-state index in [-0.39, 0.29) is 18.0 Å². The van der Waals surface area contributed by atoms with Gasteiger partial charge in [-0.15, -0.1) is 0 Å². The van der Waals surface area contributed by atoms with Crippen LogP contribution >= 0.6 is 15.9 Å². The van der Waals surface area contributed by atoms with Crippen LogP contribution in [0, 0.1) is 5.82 Å². The van der Waals surface area contributed by atoms with E-state index in [0.717, 1.165) is 0 Å². The zero-order valence-corrected chi connectivity index (χ0v) is 13.2. The van der Waals surface area contributed by atoms with Crippen LogP contribution in [0.2, 0.25) is 0 Å². The van der Waals surface area contributed by atoms with Crippen LogP contribution in [0.3, 0.4) is 0 Å². The van der Waals surface area contributed by atoms with Crippen molar-refractivity contribution in [2.45, 2.75) is 6.42 Å². The summed E-state index contributed by atoms with van der Waals surface area (Å²) in [5, 5.41) is 0. The van der Waals surface area contributed by atoms with Crippen molar-refractivity contribution in [3.8, 4) is 11.5 Å². The van der Waals surface area contributed by atoms with E-state index in [1.165, 1.54) is 26.4 Å². The molecule has 0 N–H and O–H groups in total. The third kappa shape index (κ3) is 3.82. The van der Waals surface area contributed by atoms with Crippen LogP contribution in [0.4, 0.5) is 4.39 Å². The summed E-state index contributed by atoms with van der Waals surface area (Å²) >= 11 is 3.21. The number of rotatable bonds is 5. The molecule has 0 bridgehead atoms. The molecule has 0 aromatic heterocycles. The van der Waals surface area contributed by atoms with Gasteiger partial charge in [0.05, 0.1) is 19.8 Å². The molecule has 21 heavy (non-hydrogen) atoms. The molecule has 0 saturated carbocycles. The minimum Gasteiger partial charge on any atom is -0.497 e. The first-order chi connectivity index (χ1) is 10.0. The van der Waals surface area contributed by atoms with Crippen LogP contribution in [0.15, 0.2) is 40.9 Å². The minimum absolute atomic E-state index is 0.0832. The fourth-order valence-electron chi connectivity index (χ4n) is 2.03. The number of methoxy groups -OCH3 is 2. The van der Waals surface area contributed by atoms with Crippen molar-refractivity contribution >= 4 is 21.7 Å². The monoisotopic (exact) mass is 352 g/mol. The molecule has 3 nitrogen and oxygen atoms in total. The van der Waals surface area contributed by atoms with Crippen molar-refractivity contribution in [2.24, 2.45) is 0 Å². The number of carbonyl (C=O) groups excluding carboxylic acids is 1. The Morgan fingerprint density at radius 3 is 2.52 bits per heavy atom. The molecule has 2 rings (SSSR count). The van der Waals surface area contributed by atoms with Gasteiger partial charge in [-0.05, 0) is 42.0 Å². The lowest BCUT2D eigenvalue weighted by Crippen LogP contribution is -2.06. The van der Waals surface area contributed by atoms with Gasteiger partial charge in [0.2, 0.25) is 0 Å². The third-order valence-electron chi connectivity index (χ3n) is 2.99. The molecule has 0 atom stereocenters. The Kier molecular flexibility index (Phi) is 4.96. The highest BCUT2D eigenvalue weighted by Gasteiger charge is 2.15. The average Bonchev–Trinajstić information content (AvgIpc) is 2.45. The maximum atomic E-state index is 13.4. The molecule has 0 aliphatic carbocycles. The van der Waals surface area contributed by atoms with Crippen LogP contribution in [0.5, 0.6) is 11.5 Å². The van der Waals surface area contributed by atoms with Crippen molar-refractivity contribution in [3.63, 3.8) is 0 Å². The van der Waals surface area contributed by atoms with Crippen LogP contribution in [0.1, 0.15) is 15.9 Å². The molecule has 0 aliphatic rings. The molecule has 0 spiro atoms. The predicted molar refractivity (Wildman–Crippen MR) is 81.7 cm³/mol. The molecule has 2 aromatic rings. The van der Waals surface area contributed by atoms with E-state index in [1.807, 2.05) is 0 Å². The van der Waals surface area contributed by atoms with E-state index in [1.54, 1.807) is 24.3 Å². The highest BCUT2D eigenvalue weighted by molar-refractivity contribution is 9.10. The van der Waals surface area contributed by atoms with Gasteiger partial charge in [0.15, 0.2) is 5.78 Å². The van der Waals surface area contributed by atoms with Crippen LogP contribution < -0.4 is 9.47 Å². The highest BCUT2D eigenvalue weighted by Crippen LogP contribution is 2.26. The average molecular weight is 353 g/mol. The van der Waals surface area contributed by atoms with Gasteiger partial charge in [0.25, 0.3) is 0 Å². The normalized spacial score (nSPS) is 10.3. The second-order valence-electron chi connectivity index (χ2n) is 4.44. The Balaban J connectivity index is 2.31. The first-order valence-electron chi connectivity index (χ1n) is 6.23. The summed E-state index contributed by atoms with van der Waals surface area (Å²) in [4.78, 5) is 12.4. The number of ether oxygens (including phenoxy) is 2. The number of hydrogen-bond acceptors (Lipinski definition) is 3. The Morgan fingerprint density at radius 1 is 1.14 bits per heavy atom. The molecule has 0 heterocycles. The molecule has 0 unspecified atom stereocenters. The molecule has 0 amide bonds. The van der Waals surface area contributed by atoms with Gasteiger partial charge < -0.3 is 9.47 Å². The van der Waals surface area contributed by atoms with Crippen molar-refractivity contribution in [2.75, 3.05) is 14.2 Å². The fourth-order valence-corrected chi connectivity index (χ4v) is 2.54. The van der Waals surface area contributed by atoms with Crippen molar-refractivity contribution in [1.29, 1.82) is 0 Å². The van der Waals surface area contributed by atoms with E-state index in [0.29, 0.717) is 27.1 Å². The standard InChI is InChI=1S/C16H14BrFO3/c1-20-13-3-4-16(21-2)14(9-13)15(19)7-10-5-11(17)8-12(18)6-10/h3-6,8-9H,7H2,1-2H3. The lowest BCUT2D eigenvalue weighted by atomic mass is 10.0. The largest absolute Gasteiger partial charge is 0.497 e. The summed E-state index contributed by atoms with van der Waals surface area (Å²) in [5.41, 5.74) is 1.01. The molecule has 0 radical (unpaired) electrons. The highest BCUT2D eigenvalue weighted by atomic mass is 79.9. The second-order valence-corrected chi connectivity index (χ2v) is 5.36. The first kappa shape index (κ1) is 15.5. The van der Waals surface area contributed by atoms with E-state index < -0.39 is 0 Å². The predicted octanol–water partition coefficient (Wildman–Crippen LogP) is 4.03. The van der Waals surface area contributed by atoms with Gasteiger partial charge in [0.1, 0.15) is 17.3 Å². The molecule has 2 aromatic carbocycles. The number of carbonyl (C=O) groups is 1. The van der Waals surface area contributed by atoms with Gasteiger partial charge in [-0.1, -0.05) is 15.9 Å². The van der Waals surface area contributed by atoms with Gasteiger partial charge in [-0.3, -0.25) is 4.79 Å². The summed E-state index contributed by atoms with van der Waals surface area (Å²) in [5.74, 6) is 0.490. The smallest absolute Gasteiger partial charge is 0.171 e. The Hall–Kier alpha value is -1.88. The number of ketones is 1. The number of benzene rings is 2. The second kappa shape index (κ2) is 6.72. The Labute approximate surface area is 130 Å². The quantitative estimate of drug-likeness (QED) is 0.762. The van der Waals surface area contributed by atoms with Crippen LogP contribution in [0.25, 0.3) is 0 Å². The van der Waals surface area contributed by atoms with Gasteiger partial charge >= 0.3 is 0 Å². The minimum atomic E-state index is -0.384. The summed E-state index contributed by atoms with van der Waals surface area (Å²) in [6.45, 7) is 0. The molecule has 0 aliphatic heterocycles. The van der Waals surface area contributed by atoms with E-state index in [9.17, 15) is 9.18 Å². The van der Waals surface area contributed by atoms with E-state index >= 15 is 0 Å². The SMILES string of the molecule is COc1ccc(OC)c(C(=O)Cc2cc(F)cc(Br)c2)c1. The number of hydrogen-bond donors (Lipinski definition) is 0. The van der Waals surface area contributed by atoms with E-state index in [4.69, 9.17) is 9.47 Å². The molecule has 5 heteroatoms. The van der Waals surface area contributed by atoms with Crippen molar-refractivity contribution in [1.82, 2.24) is 0 Å². The number of halogens is 2. The molecular weight excluding hydrogens is 339 g/mol. The van der Waals surface area contributed by atoms with Gasteiger partial charge in [-0.2, -0.15) is 0 Å². The van der Waals surface area contributed by atoms with Gasteiger partial charge in [0, 0.05) is 10.9 Å².